The number of rotatable bonds is 2. The monoisotopic (exact) mass is 442 g/mol. The van der Waals surface area contributed by atoms with Gasteiger partial charge in [-0.05, 0) is 59.2 Å². The Balaban J connectivity index is 1.63. The number of thiophene rings is 1. The lowest BCUT2D eigenvalue weighted by Gasteiger charge is -2.30. The summed E-state index contributed by atoms with van der Waals surface area (Å²) in [4.78, 5) is 20.4. The molecule has 6 heteroatoms. The van der Waals surface area contributed by atoms with Crippen LogP contribution in [0.3, 0.4) is 0 Å². The van der Waals surface area contributed by atoms with Crippen LogP contribution in [0.1, 0.15) is 34.0 Å². The highest BCUT2D eigenvalue weighted by molar-refractivity contribution is 7.10. The molecule has 2 aromatic carbocycles. The van der Waals surface area contributed by atoms with Gasteiger partial charge in [-0.3, -0.25) is 9.36 Å². The molecule has 4 aromatic rings. The van der Waals surface area contributed by atoms with Crippen molar-refractivity contribution in [3.05, 3.63) is 113 Å². The van der Waals surface area contributed by atoms with Gasteiger partial charge >= 0.3 is 0 Å². The number of aromatic hydroxyl groups is 1. The number of hydrogen-bond donors (Lipinski definition) is 1. The Morgan fingerprint density at radius 3 is 2.81 bits per heavy atom. The van der Waals surface area contributed by atoms with Crippen LogP contribution in [0.25, 0.3) is 11.8 Å². The Morgan fingerprint density at radius 2 is 1.97 bits per heavy atom. The van der Waals surface area contributed by atoms with Crippen LogP contribution in [0, 0.1) is 0 Å². The van der Waals surface area contributed by atoms with Gasteiger partial charge in [-0.15, -0.1) is 11.3 Å². The van der Waals surface area contributed by atoms with Gasteiger partial charge < -0.3 is 5.11 Å². The zero-order valence-corrected chi connectivity index (χ0v) is 18.1. The summed E-state index contributed by atoms with van der Waals surface area (Å²) in [5.41, 5.74) is 5.50. The van der Waals surface area contributed by atoms with E-state index >= 15 is 0 Å². The molecular weight excluding hydrogens is 424 g/mol. The van der Waals surface area contributed by atoms with E-state index < -0.39 is 0 Å². The van der Waals surface area contributed by atoms with Gasteiger partial charge in [0.2, 0.25) is 0 Å². The number of aryl methyl sites for hydroxylation is 1. The van der Waals surface area contributed by atoms with Crippen molar-refractivity contribution < 1.29 is 5.11 Å². The number of thiazole rings is 1. The van der Waals surface area contributed by atoms with E-state index in [1.807, 2.05) is 22.8 Å². The van der Waals surface area contributed by atoms with E-state index in [1.165, 1.54) is 28.0 Å². The molecule has 4 nitrogen and oxygen atoms in total. The van der Waals surface area contributed by atoms with Crippen molar-refractivity contribution in [2.45, 2.75) is 18.9 Å². The summed E-state index contributed by atoms with van der Waals surface area (Å²) >= 11 is 3.09. The molecule has 2 aliphatic rings. The molecule has 1 atom stereocenters. The van der Waals surface area contributed by atoms with E-state index in [0.29, 0.717) is 4.53 Å². The number of fused-ring (bicyclic) bond motifs is 3. The molecule has 1 aliphatic heterocycles. The first-order chi connectivity index (χ1) is 15.2. The number of phenolic OH excluding ortho intramolecular Hbond substituents is 1. The molecule has 0 fully saturated rings. The number of hydrogen-bond acceptors (Lipinski definition) is 5. The second kappa shape index (κ2) is 7.18. The first kappa shape index (κ1) is 18.5. The van der Waals surface area contributed by atoms with Crippen LogP contribution >= 0.6 is 22.7 Å². The Bertz CT molecular complexity index is 1520. The number of benzene rings is 2. The topological polar surface area (TPSA) is 54.6 Å². The quantitative estimate of drug-likeness (QED) is 0.509. The van der Waals surface area contributed by atoms with Gasteiger partial charge in [0.05, 0.1) is 16.3 Å². The third-order valence-electron chi connectivity index (χ3n) is 5.85. The molecule has 0 bridgehead atoms. The summed E-state index contributed by atoms with van der Waals surface area (Å²) < 4.78 is 2.48. The predicted molar refractivity (Wildman–Crippen MR) is 125 cm³/mol. The highest BCUT2D eigenvalue weighted by Gasteiger charge is 2.32. The smallest absolute Gasteiger partial charge is 0.271 e. The highest BCUT2D eigenvalue weighted by Crippen LogP contribution is 2.42. The maximum absolute atomic E-state index is 13.5. The van der Waals surface area contributed by atoms with Crippen molar-refractivity contribution in [1.82, 2.24) is 4.57 Å². The molecule has 1 aliphatic carbocycles. The lowest BCUT2D eigenvalue weighted by molar-refractivity contribution is 0.475. The minimum Gasteiger partial charge on any atom is -0.508 e. The van der Waals surface area contributed by atoms with Crippen LogP contribution in [0.15, 0.2) is 81.4 Å². The third kappa shape index (κ3) is 3.02. The second-order valence-electron chi connectivity index (χ2n) is 7.72. The van der Waals surface area contributed by atoms with E-state index in [9.17, 15) is 9.90 Å². The lowest BCUT2D eigenvalue weighted by Crippen LogP contribution is -2.38. The summed E-state index contributed by atoms with van der Waals surface area (Å²) in [5, 5.41) is 11.9. The van der Waals surface area contributed by atoms with Crippen LogP contribution in [0.5, 0.6) is 5.75 Å². The van der Waals surface area contributed by atoms with E-state index in [2.05, 4.69) is 35.7 Å². The molecule has 1 unspecified atom stereocenters. The van der Waals surface area contributed by atoms with Gasteiger partial charge in [0, 0.05) is 10.4 Å². The molecule has 3 heterocycles. The fourth-order valence-corrected chi connectivity index (χ4v) is 6.33. The predicted octanol–water partition coefficient (Wildman–Crippen LogP) is 4.09. The molecule has 0 amide bonds. The van der Waals surface area contributed by atoms with E-state index in [-0.39, 0.29) is 17.4 Å². The Kier molecular flexibility index (Phi) is 4.30. The van der Waals surface area contributed by atoms with Crippen molar-refractivity contribution in [2.24, 2.45) is 4.99 Å². The molecule has 2 aromatic heterocycles. The Hall–Kier alpha value is -3.22. The molecule has 6 rings (SSSR count). The molecule has 152 valence electrons. The van der Waals surface area contributed by atoms with E-state index in [0.717, 1.165) is 33.8 Å². The van der Waals surface area contributed by atoms with Crippen molar-refractivity contribution in [1.29, 1.82) is 0 Å². The van der Waals surface area contributed by atoms with E-state index in [4.69, 9.17) is 4.99 Å². The molecule has 0 spiro atoms. The van der Waals surface area contributed by atoms with Gasteiger partial charge in [-0.1, -0.05) is 53.8 Å². The van der Waals surface area contributed by atoms with Gasteiger partial charge in [0.15, 0.2) is 4.80 Å². The number of allylic oxidation sites excluding steroid dienone is 1. The summed E-state index contributed by atoms with van der Waals surface area (Å²) in [6, 6.07) is 19.4. The maximum atomic E-state index is 13.5. The van der Waals surface area contributed by atoms with Crippen molar-refractivity contribution >= 4 is 34.4 Å². The summed E-state index contributed by atoms with van der Waals surface area (Å²) in [7, 11) is 0. The minimum atomic E-state index is -0.120. The first-order valence-corrected chi connectivity index (χ1v) is 11.8. The average molecular weight is 443 g/mol. The largest absolute Gasteiger partial charge is 0.508 e. The van der Waals surface area contributed by atoms with Crippen LogP contribution in [-0.4, -0.2) is 9.67 Å². The molecular formula is C25H18N2O2S2. The molecule has 0 saturated carbocycles. The fourth-order valence-electron chi connectivity index (χ4n) is 4.48. The minimum absolute atomic E-state index is 0.0316. The average Bonchev–Trinajstić information content (AvgIpc) is 3.41. The van der Waals surface area contributed by atoms with Crippen molar-refractivity contribution in [3.8, 4) is 5.75 Å². The fraction of sp³-hybridized carbons (Fsp3) is 0.120. The summed E-state index contributed by atoms with van der Waals surface area (Å²) in [6.45, 7) is 0. The van der Waals surface area contributed by atoms with E-state index in [1.54, 1.807) is 29.5 Å². The molecule has 31 heavy (non-hydrogen) atoms. The first-order valence-electron chi connectivity index (χ1n) is 10.1. The summed E-state index contributed by atoms with van der Waals surface area (Å²) in [6.07, 6.45) is 3.70. The van der Waals surface area contributed by atoms with Crippen molar-refractivity contribution in [2.75, 3.05) is 0 Å². The number of phenols is 1. The zero-order chi connectivity index (χ0) is 20.9. The second-order valence-corrected chi connectivity index (χ2v) is 9.71. The standard InChI is InChI=1S/C25H18N2O2S2/c28-17-7-3-5-15(13-17)14-21-24(29)27-23(20-9-4-12-30-20)19-11-10-16-6-1-2-8-18(16)22(19)26-25(27)31-21/h1-9,12-14,23,28H,10-11H2. The summed E-state index contributed by atoms with van der Waals surface area (Å²) in [5.74, 6) is 0.185. The normalized spacial score (nSPS) is 17.7. The zero-order valence-electron chi connectivity index (χ0n) is 16.5. The molecule has 0 saturated heterocycles. The van der Waals surface area contributed by atoms with Gasteiger partial charge in [-0.25, -0.2) is 4.99 Å². The van der Waals surface area contributed by atoms with Gasteiger partial charge in [0.1, 0.15) is 5.75 Å². The van der Waals surface area contributed by atoms with Crippen LogP contribution in [0.4, 0.5) is 0 Å². The SMILES string of the molecule is O=c1c(=Cc2cccc(O)c2)sc2n1C(c1cccs1)C1=C(N=2)c2ccccc2CC1. The van der Waals surface area contributed by atoms with Gasteiger partial charge in [-0.2, -0.15) is 0 Å². The molecule has 0 radical (unpaired) electrons. The van der Waals surface area contributed by atoms with Crippen LogP contribution in [0.2, 0.25) is 0 Å². The highest BCUT2D eigenvalue weighted by atomic mass is 32.1. The van der Waals surface area contributed by atoms with Crippen LogP contribution in [-0.2, 0) is 6.42 Å². The Labute approximate surface area is 186 Å². The van der Waals surface area contributed by atoms with Crippen molar-refractivity contribution in [3.63, 3.8) is 0 Å². The Morgan fingerprint density at radius 1 is 1.06 bits per heavy atom. The third-order valence-corrected chi connectivity index (χ3v) is 7.76. The maximum Gasteiger partial charge on any atom is 0.271 e. The van der Waals surface area contributed by atoms with Crippen LogP contribution < -0.4 is 14.9 Å². The number of aromatic nitrogens is 1. The van der Waals surface area contributed by atoms with Gasteiger partial charge in [0.25, 0.3) is 5.56 Å². The molecule has 1 N–H and O–H groups in total. The number of nitrogens with zero attached hydrogens (tertiary/aromatic N) is 2. The lowest BCUT2D eigenvalue weighted by atomic mass is 9.85.